The van der Waals surface area contributed by atoms with Crippen molar-refractivity contribution >= 4 is 13.8 Å². The van der Waals surface area contributed by atoms with Crippen LogP contribution in [0.15, 0.2) is 48.6 Å². The van der Waals surface area contributed by atoms with Crippen molar-refractivity contribution in [2.75, 3.05) is 54.1 Å². The summed E-state index contributed by atoms with van der Waals surface area (Å²) in [7, 11) is 1.31. The molecule has 0 N–H and O–H groups in total. The van der Waals surface area contributed by atoms with Crippen molar-refractivity contribution in [3.8, 4) is 0 Å². The van der Waals surface area contributed by atoms with Gasteiger partial charge in [-0.2, -0.15) is 0 Å². The Morgan fingerprint density at radius 3 is 1.84 bits per heavy atom. The van der Waals surface area contributed by atoms with Gasteiger partial charge in [0.05, 0.1) is 34.4 Å². The van der Waals surface area contributed by atoms with Crippen LogP contribution in [0.1, 0.15) is 117 Å². The van der Waals surface area contributed by atoms with Gasteiger partial charge in [-0.3, -0.25) is 9.36 Å². The summed E-state index contributed by atoms with van der Waals surface area (Å²) in [5, 5.41) is 0. The van der Waals surface area contributed by atoms with Gasteiger partial charge in [0.15, 0.2) is 0 Å². The zero-order valence-electron chi connectivity index (χ0n) is 29.3. The van der Waals surface area contributed by atoms with Crippen LogP contribution in [0.25, 0.3) is 0 Å². The van der Waals surface area contributed by atoms with Gasteiger partial charge in [0.2, 0.25) is 0 Å². The van der Waals surface area contributed by atoms with Gasteiger partial charge in [-0.15, -0.1) is 0 Å². The van der Waals surface area contributed by atoms with E-state index in [1.807, 2.05) is 21.1 Å². The van der Waals surface area contributed by atoms with Crippen LogP contribution in [-0.2, 0) is 27.9 Å². The molecular weight excluding hydrogens is 589 g/mol. The van der Waals surface area contributed by atoms with E-state index < -0.39 is 13.9 Å². The van der Waals surface area contributed by atoms with E-state index in [0.717, 1.165) is 57.8 Å². The van der Waals surface area contributed by atoms with Gasteiger partial charge < -0.3 is 27.9 Å². The van der Waals surface area contributed by atoms with Crippen LogP contribution in [0.3, 0.4) is 0 Å². The maximum atomic E-state index is 12.5. The van der Waals surface area contributed by atoms with Crippen molar-refractivity contribution < 1.29 is 37.3 Å². The molecule has 0 aromatic heterocycles. The van der Waals surface area contributed by atoms with Gasteiger partial charge in [-0.05, 0) is 44.9 Å². The number of phosphoric ester groups is 1. The van der Waals surface area contributed by atoms with Gasteiger partial charge in [-0.1, -0.05) is 114 Å². The normalized spacial score (nSPS) is 14.7. The van der Waals surface area contributed by atoms with Crippen LogP contribution in [0.4, 0.5) is 0 Å². The highest BCUT2D eigenvalue weighted by Crippen LogP contribution is 2.38. The highest BCUT2D eigenvalue weighted by molar-refractivity contribution is 7.45. The molecule has 0 spiro atoms. The third-order valence-electron chi connectivity index (χ3n) is 6.89. The predicted octanol–water partition coefficient (Wildman–Crippen LogP) is 8.63. The Labute approximate surface area is 276 Å². The molecule has 262 valence electrons. The minimum atomic E-state index is -4.52. The average molecular weight is 656 g/mol. The number of hydrogen-bond acceptors (Lipinski definition) is 7. The van der Waals surface area contributed by atoms with Crippen molar-refractivity contribution in [2.45, 2.75) is 123 Å². The first kappa shape index (κ1) is 43.5. The van der Waals surface area contributed by atoms with Crippen LogP contribution < -0.4 is 4.89 Å². The van der Waals surface area contributed by atoms with Crippen LogP contribution in [-0.4, -0.2) is 70.7 Å². The predicted molar refractivity (Wildman–Crippen MR) is 185 cm³/mol. The molecule has 45 heavy (non-hydrogen) atoms. The van der Waals surface area contributed by atoms with Crippen molar-refractivity contribution in [2.24, 2.45) is 0 Å². The Balaban J connectivity index is 4.45. The molecule has 0 aromatic carbocycles. The molecule has 0 heterocycles. The van der Waals surface area contributed by atoms with Gasteiger partial charge in [0.25, 0.3) is 7.82 Å². The second-order valence-electron chi connectivity index (χ2n) is 12.5. The van der Waals surface area contributed by atoms with E-state index >= 15 is 0 Å². The molecule has 0 saturated carbocycles. The topological polar surface area (TPSA) is 94.1 Å². The van der Waals surface area contributed by atoms with Crippen LogP contribution in [0.5, 0.6) is 0 Å². The zero-order chi connectivity index (χ0) is 33.5. The second kappa shape index (κ2) is 29.8. The van der Waals surface area contributed by atoms with Gasteiger partial charge in [0.1, 0.15) is 19.3 Å². The fourth-order valence-electron chi connectivity index (χ4n) is 4.19. The number of hydrogen-bond donors (Lipinski definition) is 0. The molecular formula is C36H66NO7P. The van der Waals surface area contributed by atoms with Crippen molar-refractivity contribution in [1.82, 2.24) is 0 Å². The van der Waals surface area contributed by atoms with Crippen LogP contribution >= 0.6 is 7.82 Å². The van der Waals surface area contributed by atoms with Crippen molar-refractivity contribution in [1.29, 1.82) is 0 Å². The molecule has 0 aliphatic heterocycles. The monoisotopic (exact) mass is 655 g/mol. The molecule has 0 aromatic rings. The molecule has 2 unspecified atom stereocenters. The molecule has 8 nitrogen and oxygen atoms in total. The van der Waals surface area contributed by atoms with Gasteiger partial charge in [-0.25, -0.2) is 0 Å². The summed E-state index contributed by atoms with van der Waals surface area (Å²) in [5.74, 6) is -0.360. The number of unbranched alkanes of at least 4 members (excludes halogenated alkanes) is 9. The van der Waals surface area contributed by atoms with E-state index in [1.54, 1.807) is 0 Å². The van der Waals surface area contributed by atoms with Gasteiger partial charge in [0, 0.05) is 13.0 Å². The summed E-state index contributed by atoms with van der Waals surface area (Å²) in [5.41, 5.74) is 0. The van der Waals surface area contributed by atoms with Crippen LogP contribution in [0, 0.1) is 0 Å². The molecule has 0 bridgehead atoms. The number of phosphoric acid groups is 1. The molecule has 0 amide bonds. The maximum Gasteiger partial charge on any atom is 0.306 e. The SMILES string of the molecule is CC/C=C\C/C=C\C/C=C\C/C=C\CCCOCC(COP(=O)([O-])OCC[N+](C)(C)C)OC(=O)CCCCCCCCCCC. The fourth-order valence-corrected chi connectivity index (χ4v) is 4.92. The van der Waals surface area contributed by atoms with Gasteiger partial charge >= 0.3 is 5.97 Å². The highest BCUT2D eigenvalue weighted by Gasteiger charge is 2.20. The number of nitrogens with zero attached hydrogens (tertiary/aromatic N) is 1. The zero-order valence-corrected chi connectivity index (χ0v) is 30.2. The van der Waals surface area contributed by atoms with Crippen molar-refractivity contribution in [3.63, 3.8) is 0 Å². The number of likely N-dealkylation sites (N-methyl/N-ethyl adjacent to an activating group) is 1. The Bertz CT molecular complexity index is 864. The first-order valence-corrected chi connectivity index (χ1v) is 18.8. The van der Waals surface area contributed by atoms with Crippen LogP contribution in [0.2, 0.25) is 0 Å². The van der Waals surface area contributed by atoms with Crippen molar-refractivity contribution in [3.05, 3.63) is 48.6 Å². The molecule has 0 radical (unpaired) electrons. The van der Waals surface area contributed by atoms with E-state index in [9.17, 15) is 14.3 Å². The molecule has 0 aliphatic rings. The highest BCUT2D eigenvalue weighted by atomic mass is 31.2. The number of carbonyl (C=O) groups excluding carboxylic acids is 1. The molecule has 2 atom stereocenters. The molecule has 0 saturated heterocycles. The third-order valence-corrected chi connectivity index (χ3v) is 7.86. The molecule has 0 rings (SSSR count). The Kier molecular flexibility index (Phi) is 28.8. The minimum absolute atomic E-state index is 0.0150. The van der Waals surface area contributed by atoms with E-state index in [1.165, 1.54) is 38.5 Å². The summed E-state index contributed by atoms with van der Waals surface area (Å²) in [4.78, 5) is 24.8. The fraction of sp³-hybridized carbons (Fsp3) is 0.750. The average Bonchev–Trinajstić information content (AvgIpc) is 2.98. The summed E-state index contributed by atoms with van der Waals surface area (Å²) >= 11 is 0. The molecule has 0 fully saturated rings. The summed E-state index contributed by atoms with van der Waals surface area (Å²) in [6, 6.07) is 0. The largest absolute Gasteiger partial charge is 0.756 e. The number of allylic oxidation sites excluding steroid dienone is 8. The lowest BCUT2D eigenvalue weighted by atomic mass is 10.1. The standard InChI is InChI=1S/C36H66NO7P/c1-6-8-10-12-14-16-17-18-19-20-22-24-26-28-31-41-33-35(34-43-45(39,40)42-32-30-37(3,4)5)44-36(38)29-27-25-23-21-15-13-11-9-7-2/h8,10,14,16,18-19,22,24,35H,6-7,9,11-13,15,17,20-21,23,25-34H2,1-5H3/b10-8-,16-14-,19-18-,24-22-. The first-order valence-electron chi connectivity index (χ1n) is 17.4. The second-order valence-corrected chi connectivity index (χ2v) is 13.9. The number of ether oxygens (including phenoxy) is 2. The quantitative estimate of drug-likeness (QED) is 0.0243. The van der Waals surface area contributed by atoms with E-state index in [4.69, 9.17) is 18.5 Å². The number of esters is 1. The lowest BCUT2D eigenvalue weighted by Crippen LogP contribution is -2.37. The Morgan fingerprint density at radius 1 is 0.711 bits per heavy atom. The smallest absolute Gasteiger partial charge is 0.306 e. The summed E-state index contributed by atoms with van der Waals surface area (Å²) in [6.45, 7) is 5.09. The molecule has 9 heteroatoms. The van der Waals surface area contributed by atoms with E-state index in [0.29, 0.717) is 24.1 Å². The number of carbonyl (C=O) groups is 1. The third kappa shape index (κ3) is 33.6. The lowest BCUT2D eigenvalue weighted by molar-refractivity contribution is -0.870. The molecule has 0 aliphatic carbocycles. The summed E-state index contributed by atoms with van der Waals surface area (Å²) in [6.07, 6.45) is 32.8. The number of quaternary nitrogens is 1. The van der Waals surface area contributed by atoms with E-state index in [2.05, 4.69) is 62.5 Å². The number of rotatable bonds is 31. The lowest BCUT2D eigenvalue weighted by Gasteiger charge is -2.28. The first-order chi connectivity index (χ1) is 21.6. The summed E-state index contributed by atoms with van der Waals surface area (Å²) < 4.78 is 34.2. The minimum Gasteiger partial charge on any atom is -0.756 e. The Hall–Kier alpha value is -1.54. The van der Waals surface area contributed by atoms with E-state index in [-0.39, 0.29) is 25.8 Å². The Morgan fingerprint density at radius 2 is 1.27 bits per heavy atom. The maximum absolute atomic E-state index is 12.5.